The highest BCUT2D eigenvalue weighted by Gasteiger charge is 2.19. The van der Waals surface area contributed by atoms with Gasteiger partial charge in [-0.1, -0.05) is 45.2 Å². The van der Waals surface area contributed by atoms with Crippen LogP contribution in [-0.2, 0) is 4.74 Å². The fourth-order valence-electron chi connectivity index (χ4n) is 2.72. The summed E-state index contributed by atoms with van der Waals surface area (Å²) in [6.07, 6.45) is 0. The molecule has 142 valence electrons. The van der Waals surface area contributed by atoms with Crippen molar-refractivity contribution >= 4 is 73.7 Å². The van der Waals surface area contributed by atoms with Gasteiger partial charge in [0.2, 0.25) is 0 Å². The van der Waals surface area contributed by atoms with Crippen molar-refractivity contribution in [3.8, 4) is 0 Å². The predicted octanol–water partition coefficient (Wildman–Crippen LogP) is 4.72. The van der Waals surface area contributed by atoms with Gasteiger partial charge in [0, 0.05) is 17.6 Å². The summed E-state index contributed by atoms with van der Waals surface area (Å²) in [5.41, 5.74) is 1.88. The van der Waals surface area contributed by atoms with E-state index in [0.29, 0.717) is 28.8 Å². The van der Waals surface area contributed by atoms with Gasteiger partial charge in [-0.2, -0.15) is 0 Å². The molecule has 27 heavy (non-hydrogen) atoms. The van der Waals surface area contributed by atoms with Crippen LogP contribution in [0.5, 0.6) is 0 Å². The van der Waals surface area contributed by atoms with Gasteiger partial charge in [-0.05, 0) is 42.5 Å². The minimum absolute atomic E-state index is 0.160. The zero-order chi connectivity index (χ0) is 19.4. The molecule has 2 N–H and O–H groups in total. The molecule has 2 aromatic carbocycles. The molecular weight excluding hydrogens is 473 g/mol. The number of hydrogen-bond acceptors (Lipinski definition) is 4. The van der Waals surface area contributed by atoms with E-state index in [-0.39, 0.29) is 5.11 Å². The summed E-state index contributed by atoms with van der Waals surface area (Å²) >= 11 is 21.1. The van der Waals surface area contributed by atoms with Crippen LogP contribution in [0.25, 0.3) is 0 Å². The van der Waals surface area contributed by atoms with Crippen LogP contribution in [0.1, 0.15) is 10.4 Å². The smallest absolute Gasteiger partial charge is 0.258 e. The molecule has 1 aliphatic heterocycles. The van der Waals surface area contributed by atoms with Crippen LogP contribution in [0, 0.1) is 0 Å². The molecule has 0 unspecified atom stereocenters. The van der Waals surface area contributed by atoms with E-state index in [1.807, 2.05) is 18.2 Å². The Kier molecular flexibility index (Phi) is 6.94. The van der Waals surface area contributed by atoms with Gasteiger partial charge in [-0.15, -0.1) is 0 Å². The first-order valence-electron chi connectivity index (χ1n) is 8.14. The summed E-state index contributed by atoms with van der Waals surface area (Å²) in [5.74, 6) is -0.395. The molecule has 2 aromatic rings. The summed E-state index contributed by atoms with van der Waals surface area (Å²) in [5, 5.41) is 6.82. The number of carbonyl (C=O) groups excluding carboxylic acids is 1. The Morgan fingerprint density at radius 1 is 1.15 bits per heavy atom. The van der Waals surface area contributed by atoms with Gasteiger partial charge in [-0.3, -0.25) is 10.1 Å². The van der Waals surface area contributed by atoms with E-state index in [4.69, 9.17) is 40.2 Å². The van der Waals surface area contributed by atoms with E-state index in [0.717, 1.165) is 28.9 Å². The minimum Gasteiger partial charge on any atom is -0.378 e. The fraction of sp³-hybridized carbons (Fsp3) is 0.222. The van der Waals surface area contributed by atoms with Gasteiger partial charge < -0.3 is 15.0 Å². The fourth-order valence-corrected chi connectivity index (χ4v) is 3.78. The van der Waals surface area contributed by atoms with Crippen molar-refractivity contribution in [3.05, 3.63) is 56.5 Å². The minimum atomic E-state index is -0.395. The zero-order valence-corrected chi connectivity index (χ0v) is 18.0. The van der Waals surface area contributed by atoms with Crippen molar-refractivity contribution in [2.75, 3.05) is 36.5 Å². The Morgan fingerprint density at radius 2 is 1.89 bits per heavy atom. The van der Waals surface area contributed by atoms with Crippen molar-refractivity contribution in [1.29, 1.82) is 0 Å². The Morgan fingerprint density at radius 3 is 2.63 bits per heavy atom. The van der Waals surface area contributed by atoms with E-state index < -0.39 is 5.91 Å². The molecule has 0 aromatic heterocycles. The molecule has 1 fully saturated rings. The van der Waals surface area contributed by atoms with Crippen LogP contribution < -0.4 is 15.5 Å². The Bertz CT molecular complexity index is 876. The number of nitrogens with one attached hydrogen (secondary N) is 2. The first-order valence-corrected chi connectivity index (χ1v) is 10.1. The molecular formula is C18H16BrCl2N3O2S. The summed E-state index contributed by atoms with van der Waals surface area (Å²) in [6, 6.07) is 10.5. The zero-order valence-electron chi connectivity index (χ0n) is 14.1. The average Bonchev–Trinajstić information content (AvgIpc) is 2.64. The number of rotatable bonds is 3. The number of hydrogen-bond donors (Lipinski definition) is 2. The van der Waals surface area contributed by atoms with E-state index >= 15 is 0 Å². The highest BCUT2D eigenvalue weighted by atomic mass is 79.9. The Hall–Kier alpha value is -1.38. The lowest BCUT2D eigenvalue weighted by atomic mass is 10.2. The standard InChI is InChI=1S/C18H16BrCl2N3O2S/c19-11-4-5-13(20)12(10-11)17(25)23-18(27)22-15-3-1-2-14(21)16(15)24-6-8-26-9-7-24/h1-5,10H,6-9H2,(H2,22,23,25,27). The Balaban J connectivity index is 1.75. The second-order valence-corrected chi connectivity index (χ2v) is 7.91. The number of halogens is 3. The number of ether oxygens (including phenoxy) is 1. The second-order valence-electron chi connectivity index (χ2n) is 5.77. The van der Waals surface area contributed by atoms with Crippen LogP contribution in [0.15, 0.2) is 40.9 Å². The lowest BCUT2D eigenvalue weighted by molar-refractivity contribution is 0.0978. The number of nitrogens with zero attached hydrogens (tertiary/aromatic N) is 1. The van der Waals surface area contributed by atoms with Crippen molar-refractivity contribution < 1.29 is 9.53 Å². The van der Waals surface area contributed by atoms with Gasteiger partial charge in [0.1, 0.15) is 0 Å². The molecule has 0 spiro atoms. The molecule has 0 saturated carbocycles. The van der Waals surface area contributed by atoms with Gasteiger partial charge in [-0.25, -0.2) is 0 Å². The lowest BCUT2D eigenvalue weighted by Crippen LogP contribution is -2.38. The highest BCUT2D eigenvalue weighted by molar-refractivity contribution is 9.10. The van der Waals surface area contributed by atoms with Gasteiger partial charge in [0.15, 0.2) is 5.11 Å². The van der Waals surface area contributed by atoms with Crippen LogP contribution in [0.4, 0.5) is 11.4 Å². The molecule has 5 nitrogen and oxygen atoms in total. The van der Waals surface area contributed by atoms with Crippen molar-refractivity contribution in [2.45, 2.75) is 0 Å². The molecule has 1 saturated heterocycles. The normalized spacial score (nSPS) is 14.0. The van der Waals surface area contributed by atoms with Crippen LogP contribution in [0.2, 0.25) is 10.0 Å². The quantitative estimate of drug-likeness (QED) is 0.612. The van der Waals surface area contributed by atoms with Gasteiger partial charge in [0.25, 0.3) is 5.91 Å². The molecule has 3 rings (SSSR count). The maximum atomic E-state index is 12.5. The monoisotopic (exact) mass is 487 g/mol. The summed E-state index contributed by atoms with van der Waals surface area (Å²) in [4.78, 5) is 14.6. The first kappa shape index (κ1) is 20.4. The molecule has 1 amide bonds. The lowest BCUT2D eigenvalue weighted by Gasteiger charge is -2.31. The Labute approximate surface area is 181 Å². The number of amides is 1. The van der Waals surface area contributed by atoms with E-state index in [1.165, 1.54) is 0 Å². The topological polar surface area (TPSA) is 53.6 Å². The summed E-state index contributed by atoms with van der Waals surface area (Å²) in [7, 11) is 0. The van der Waals surface area contributed by atoms with E-state index in [9.17, 15) is 4.79 Å². The van der Waals surface area contributed by atoms with Crippen LogP contribution in [-0.4, -0.2) is 37.3 Å². The molecule has 0 bridgehead atoms. The molecule has 1 heterocycles. The van der Waals surface area contributed by atoms with E-state index in [1.54, 1.807) is 18.2 Å². The number of morpholine rings is 1. The third kappa shape index (κ3) is 5.12. The van der Waals surface area contributed by atoms with Crippen molar-refractivity contribution in [2.24, 2.45) is 0 Å². The molecule has 0 radical (unpaired) electrons. The average molecular weight is 489 g/mol. The number of anilines is 2. The highest BCUT2D eigenvalue weighted by Crippen LogP contribution is 2.34. The molecule has 0 aliphatic carbocycles. The SMILES string of the molecule is O=C(NC(=S)Nc1cccc(Cl)c1N1CCOCC1)c1cc(Br)ccc1Cl. The number of benzene rings is 2. The van der Waals surface area contributed by atoms with E-state index in [2.05, 4.69) is 31.5 Å². The van der Waals surface area contributed by atoms with Gasteiger partial charge in [0.05, 0.1) is 40.2 Å². The largest absolute Gasteiger partial charge is 0.378 e. The van der Waals surface area contributed by atoms with Crippen molar-refractivity contribution in [3.63, 3.8) is 0 Å². The third-order valence-electron chi connectivity index (χ3n) is 3.96. The summed E-state index contributed by atoms with van der Waals surface area (Å²) in [6.45, 7) is 2.72. The van der Waals surface area contributed by atoms with Crippen molar-refractivity contribution in [1.82, 2.24) is 5.32 Å². The number of carbonyl (C=O) groups is 1. The molecule has 9 heteroatoms. The first-order chi connectivity index (χ1) is 13.0. The second kappa shape index (κ2) is 9.21. The molecule has 0 atom stereocenters. The third-order valence-corrected chi connectivity index (χ3v) is 5.29. The number of thiocarbonyl (C=S) groups is 1. The van der Waals surface area contributed by atoms with Gasteiger partial charge >= 0.3 is 0 Å². The number of para-hydroxylation sites is 1. The predicted molar refractivity (Wildman–Crippen MR) is 117 cm³/mol. The van der Waals surface area contributed by atoms with Crippen LogP contribution in [0.3, 0.4) is 0 Å². The maximum Gasteiger partial charge on any atom is 0.258 e. The van der Waals surface area contributed by atoms with Crippen LogP contribution >= 0.6 is 51.3 Å². The summed E-state index contributed by atoms with van der Waals surface area (Å²) < 4.78 is 6.15. The molecule has 1 aliphatic rings. The maximum absolute atomic E-state index is 12.5.